The zero-order chi connectivity index (χ0) is 22.5. The molecule has 2 heterocycles. The molecule has 2 aromatic rings. The van der Waals surface area contributed by atoms with Crippen LogP contribution in [-0.4, -0.2) is 72.3 Å². The van der Waals surface area contributed by atoms with Gasteiger partial charge in [0.2, 0.25) is 11.8 Å². The Bertz CT molecular complexity index is 912. The third-order valence-corrected chi connectivity index (χ3v) is 6.44. The third kappa shape index (κ3) is 5.56. The molecule has 2 saturated heterocycles. The molecule has 0 unspecified atom stereocenters. The number of nitrogens with zero attached hydrogens (tertiary/aromatic N) is 3. The molecule has 0 aliphatic carbocycles. The Labute approximate surface area is 191 Å². The van der Waals surface area contributed by atoms with Crippen molar-refractivity contribution in [1.82, 2.24) is 14.7 Å². The molecule has 0 saturated carbocycles. The number of rotatable bonds is 6. The zero-order valence-corrected chi connectivity index (χ0v) is 19.2. The van der Waals surface area contributed by atoms with E-state index in [1.165, 1.54) is 0 Å². The maximum Gasteiger partial charge on any atom is 0.246 e. The number of hydrogen-bond donors (Lipinski definition) is 1. The monoisotopic (exact) mass is 434 g/mol. The summed E-state index contributed by atoms with van der Waals surface area (Å²) in [6.45, 7) is 9.46. The predicted octanol–water partition coefficient (Wildman–Crippen LogP) is 3.22. The van der Waals surface area contributed by atoms with Crippen molar-refractivity contribution in [3.05, 3.63) is 65.2 Å². The summed E-state index contributed by atoms with van der Waals surface area (Å²) >= 11 is 0. The SMILES string of the molecule is Cc1cc(C)cc(NC(=O)[C@@H](c2ccccc2)N2CCN(CC(=O)N3CCCC3)CC2)c1. The van der Waals surface area contributed by atoms with Crippen molar-refractivity contribution in [2.75, 3.05) is 51.1 Å². The second-order valence-corrected chi connectivity index (χ2v) is 9.08. The molecule has 1 N–H and O–H groups in total. The van der Waals surface area contributed by atoms with Gasteiger partial charge in [0.15, 0.2) is 0 Å². The Balaban J connectivity index is 1.43. The van der Waals surface area contributed by atoms with Crippen molar-refractivity contribution in [3.8, 4) is 0 Å². The van der Waals surface area contributed by atoms with Gasteiger partial charge in [0, 0.05) is 45.0 Å². The van der Waals surface area contributed by atoms with Crippen LogP contribution in [0.25, 0.3) is 0 Å². The lowest BCUT2D eigenvalue weighted by Crippen LogP contribution is -2.52. The number of amides is 2. The molecule has 0 spiro atoms. The van der Waals surface area contributed by atoms with Crippen LogP contribution in [0, 0.1) is 13.8 Å². The Morgan fingerprint density at radius 3 is 2.12 bits per heavy atom. The maximum atomic E-state index is 13.4. The Hall–Kier alpha value is -2.70. The van der Waals surface area contributed by atoms with E-state index in [0.717, 1.165) is 74.5 Å². The van der Waals surface area contributed by atoms with Gasteiger partial charge in [0.25, 0.3) is 0 Å². The maximum absolute atomic E-state index is 13.4. The molecule has 2 amide bonds. The average molecular weight is 435 g/mol. The van der Waals surface area contributed by atoms with E-state index in [-0.39, 0.29) is 17.9 Å². The molecule has 6 nitrogen and oxygen atoms in total. The Kier molecular flexibility index (Phi) is 7.22. The van der Waals surface area contributed by atoms with Gasteiger partial charge < -0.3 is 10.2 Å². The quantitative estimate of drug-likeness (QED) is 0.759. The number of likely N-dealkylation sites (tertiary alicyclic amines) is 1. The summed E-state index contributed by atoms with van der Waals surface area (Å²) in [5.41, 5.74) is 4.10. The second-order valence-electron chi connectivity index (χ2n) is 9.08. The standard InChI is InChI=1S/C26H34N4O2/c1-20-16-21(2)18-23(17-20)27-26(32)25(22-8-4-3-5-9-22)30-14-12-28(13-15-30)19-24(31)29-10-6-7-11-29/h3-5,8-9,16-18,25H,6-7,10-15,19H2,1-2H3,(H,27,32)/t25-/m1/s1. The van der Waals surface area contributed by atoms with Crippen molar-refractivity contribution in [3.63, 3.8) is 0 Å². The van der Waals surface area contributed by atoms with Gasteiger partial charge in [-0.15, -0.1) is 0 Å². The predicted molar refractivity (Wildman–Crippen MR) is 128 cm³/mol. The summed E-state index contributed by atoms with van der Waals surface area (Å²) in [6.07, 6.45) is 2.24. The Morgan fingerprint density at radius 2 is 1.50 bits per heavy atom. The van der Waals surface area contributed by atoms with Crippen LogP contribution in [0.5, 0.6) is 0 Å². The highest BCUT2D eigenvalue weighted by molar-refractivity contribution is 5.95. The van der Waals surface area contributed by atoms with Crippen LogP contribution >= 0.6 is 0 Å². The van der Waals surface area contributed by atoms with E-state index in [1.807, 2.05) is 61.2 Å². The zero-order valence-electron chi connectivity index (χ0n) is 19.2. The van der Waals surface area contributed by atoms with Gasteiger partial charge in [0.1, 0.15) is 6.04 Å². The van der Waals surface area contributed by atoms with Crippen LogP contribution in [0.4, 0.5) is 5.69 Å². The molecule has 2 aromatic carbocycles. The average Bonchev–Trinajstić information content (AvgIpc) is 3.30. The number of benzene rings is 2. The van der Waals surface area contributed by atoms with E-state index in [0.29, 0.717) is 6.54 Å². The van der Waals surface area contributed by atoms with Gasteiger partial charge in [-0.05, 0) is 55.5 Å². The van der Waals surface area contributed by atoms with Crippen LogP contribution < -0.4 is 5.32 Å². The first-order valence-corrected chi connectivity index (χ1v) is 11.7. The molecule has 2 fully saturated rings. The lowest BCUT2D eigenvalue weighted by Gasteiger charge is -2.39. The van der Waals surface area contributed by atoms with E-state index in [1.54, 1.807) is 0 Å². The fourth-order valence-corrected chi connectivity index (χ4v) is 4.86. The number of aryl methyl sites for hydroxylation is 2. The van der Waals surface area contributed by atoms with Crippen molar-refractivity contribution in [2.24, 2.45) is 0 Å². The minimum Gasteiger partial charge on any atom is -0.342 e. The Morgan fingerprint density at radius 1 is 0.875 bits per heavy atom. The summed E-state index contributed by atoms with van der Waals surface area (Å²) in [7, 11) is 0. The molecule has 6 heteroatoms. The molecule has 170 valence electrons. The molecule has 0 bridgehead atoms. The number of piperazine rings is 1. The molecular weight excluding hydrogens is 400 g/mol. The van der Waals surface area contributed by atoms with Crippen molar-refractivity contribution in [1.29, 1.82) is 0 Å². The number of carbonyl (C=O) groups is 2. The van der Waals surface area contributed by atoms with E-state index in [9.17, 15) is 9.59 Å². The highest BCUT2D eigenvalue weighted by Gasteiger charge is 2.31. The lowest BCUT2D eigenvalue weighted by molar-refractivity contribution is -0.132. The van der Waals surface area contributed by atoms with Crippen LogP contribution in [0.3, 0.4) is 0 Å². The van der Waals surface area contributed by atoms with Gasteiger partial charge in [0.05, 0.1) is 6.54 Å². The van der Waals surface area contributed by atoms with Gasteiger partial charge in [-0.25, -0.2) is 0 Å². The summed E-state index contributed by atoms with van der Waals surface area (Å²) in [4.78, 5) is 32.4. The van der Waals surface area contributed by atoms with Crippen LogP contribution in [0.1, 0.15) is 35.6 Å². The van der Waals surface area contributed by atoms with Gasteiger partial charge in [-0.3, -0.25) is 19.4 Å². The lowest BCUT2D eigenvalue weighted by atomic mass is 10.0. The molecule has 4 rings (SSSR count). The van der Waals surface area contributed by atoms with Gasteiger partial charge >= 0.3 is 0 Å². The first-order valence-electron chi connectivity index (χ1n) is 11.7. The van der Waals surface area contributed by atoms with Gasteiger partial charge in [-0.1, -0.05) is 36.4 Å². The van der Waals surface area contributed by atoms with E-state index < -0.39 is 0 Å². The minimum atomic E-state index is -0.353. The highest BCUT2D eigenvalue weighted by atomic mass is 16.2. The van der Waals surface area contributed by atoms with Crippen molar-refractivity contribution in [2.45, 2.75) is 32.7 Å². The number of hydrogen-bond acceptors (Lipinski definition) is 4. The van der Waals surface area contributed by atoms with Crippen LogP contribution in [-0.2, 0) is 9.59 Å². The highest BCUT2D eigenvalue weighted by Crippen LogP contribution is 2.25. The smallest absolute Gasteiger partial charge is 0.246 e. The molecule has 1 atom stereocenters. The molecular formula is C26H34N4O2. The molecule has 0 aromatic heterocycles. The first kappa shape index (κ1) is 22.5. The normalized spacial score (nSPS) is 18.5. The number of carbonyl (C=O) groups excluding carboxylic acids is 2. The second kappa shape index (κ2) is 10.3. The largest absolute Gasteiger partial charge is 0.342 e. The number of anilines is 1. The summed E-state index contributed by atoms with van der Waals surface area (Å²) in [5.74, 6) is 0.228. The first-order chi connectivity index (χ1) is 15.5. The van der Waals surface area contributed by atoms with Gasteiger partial charge in [-0.2, -0.15) is 0 Å². The van der Waals surface area contributed by atoms with E-state index >= 15 is 0 Å². The van der Waals surface area contributed by atoms with Crippen molar-refractivity contribution >= 4 is 17.5 Å². The number of nitrogens with one attached hydrogen (secondary N) is 1. The molecule has 32 heavy (non-hydrogen) atoms. The summed E-state index contributed by atoms with van der Waals surface area (Å²) in [6, 6.07) is 15.8. The summed E-state index contributed by atoms with van der Waals surface area (Å²) < 4.78 is 0. The third-order valence-electron chi connectivity index (χ3n) is 6.44. The summed E-state index contributed by atoms with van der Waals surface area (Å²) in [5, 5.41) is 3.14. The molecule has 0 radical (unpaired) electrons. The molecule has 2 aliphatic heterocycles. The fourth-order valence-electron chi connectivity index (χ4n) is 4.86. The van der Waals surface area contributed by atoms with Crippen LogP contribution in [0.2, 0.25) is 0 Å². The van der Waals surface area contributed by atoms with Crippen LogP contribution in [0.15, 0.2) is 48.5 Å². The topological polar surface area (TPSA) is 55.9 Å². The van der Waals surface area contributed by atoms with E-state index in [2.05, 4.69) is 21.2 Å². The molecule has 2 aliphatic rings. The van der Waals surface area contributed by atoms with Crippen molar-refractivity contribution < 1.29 is 9.59 Å². The fraction of sp³-hybridized carbons (Fsp3) is 0.462. The van der Waals surface area contributed by atoms with E-state index in [4.69, 9.17) is 0 Å². The minimum absolute atomic E-state index is 0.0113.